The second-order valence-electron chi connectivity index (χ2n) is 13.7. The Kier molecular flexibility index (Phi) is 9.45. The van der Waals surface area contributed by atoms with Crippen LogP contribution in [0.25, 0.3) is 6.08 Å². The van der Waals surface area contributed by atoms with Gasteiger partial charge in [0, 0.05) is 17.6 Å². The van der Waals surface area contributed by atoms with Crippen LogP contribution in [0.15, 0.2) is 54.2 Å². The van der Waals surface area contributed by atoms with E-state index >= 15 is 0 Å². The standard InChI is InChI=1S/C31H50N2P2/c1-28(2,3)34(29(4,5)6)22-24-19-16-20-26(33-24)27(35(30(7,8)9)31(10,11)12)25(32)21-23-17-14-13-15-18-23/h13-21,27H,22,32H2,1-12H3. The summed E-state index contributed by atoms with van der Waals surface area (Å²) in [6.07, 6.45) is 3.21. The number of rotatable bonds is 6. The maximum absolute atomic E-state index is 7.01. The van der Waals surface area contributed by atoms with Crippen LogP contribution in [0.1, 0.15) is 106 Å². The fraction of sp³-hybridized carbons (Fsp3) is 0.581. The molecule has 0 spiro atoms. The first-order valence-electron chi connectivity index (χ1n) is 12.9. The summed E-state index contributed by atoms with van der Waals surface area (Å²) < 4.78 is 0. The molecule has 0 aliphatic rings. The fourth-order valence-corrected chi connectivity index (χ4v) is 13.2. The first-order valence-corrected chi connectivity index (χ1v) is 15.8. The predicted octanol–water partition coefficient (Wildman–Crippen LogP) is 9.78. The first kappa shape index (κ1) is 30.0. The van der Waals surface area contributed by atoms with Crippen LogP contribution in [0.3, 0.4) is 0 Å². The smallest absolute Gasteiger partial charge is 0.0618 e. The highest BCUT2D eigenvalue weighted by atomic mass is 31.1. The first-order chi connectivity index (χ1) is 15.8. The SMILES string of the molecule is CC(C)(C)P(Cc1cccc(C(C(N)=Cc2ccccc2)P(C(C)(C)C)C(C)(C)C)n1)C(C)(C)C. The van der Waals surface area contributed by atoms with Crippen molar-refractivity contribution >= 4 is 21.9 Å². The highest BCUT2D eigenvalue weighted by Gasteiger charge is 2.42. The predicted molar refractivity (Wildman–Crippen MR) is 162 cm³/mol. The molecule has 0 fully saturated rings. The van der Waals surface area contributed by atoms with Crippen LogP contribution >= 0.6 is 15.8 Å². The van der Waals surface area contributed by atoms with Crippen molar-refractivity contribution in [3.63, 3.8) is 0 Å². The van der Waals surface area contributed by atoms with Gasteiger partial charge in [0.1, 0.15) is 0 Å². The second-order valence-corrected chi connectivity index (χ2v) is 21.4. The van der Waals surface area contributed by atoms with E-state index in [1.165, 1.54) is 5.69 Å². The highest BCUT2D eigenvalue weighted by Crippen LogP contribution is 2.69. The lowest BCUT2D eigenvalue weighted by molar-refractivity contribution is 0.688. The molecule has 1 aromatic heterocycles. The quantitative estimate of drug-likeness (QED) is 0.391. The van der Waals surface area contributed by atoms with Crippen molar-refractivity contribution in [2.75, 3.05) is 0 Å². The van der Waals surface area contributed by atoms with E-state index in [4.69, 9.17) is 10.7 Å². The molecular formula is C31H50N2P2. The summed E-state index contributed by atoms with van der Waals surface area (Å²) >= 11 is 0. The van der Waals surface area contributed by atoms with Gasteiger partial charge in [0.05, 0.1) is 11.4 Å². The Bertz CT molecular complexity index is 956. The van der Waals surface area contributed by atoms with Crippen molar-refractivity contribution in [3.05, 3.63) is 71.2 Å². The van der Waals surface area contributed by atoms with Crippen molar-refractivity contribution < 1.29 is 0 Å². The van der Waals surface area contributed by atoms with Gasteiger partial charge in [-0.2, -0.15) is 0 Å². The number of hydrogen-bond acceptors (Lipinski definition) is 2. The summed E-state index contributed by atoms with van der Waals surface area (Å²) in [6, 6.07) is 17.1. The molecule has 0 bridgehead atoms. The highest BCUT2D eigenvalue weighted by molar-refractivity contribution is 7.61. The van der Waals surface area contributed by atoms with E-state index in [9.17, 15) is 0 Å². The summed E-state index contributed by atoms with van der Waals surface area (Å²) in [5.41, 5.74) is 11.5. The third-order valence-electron chi connectivity index (χ3n) is 6.20. The van der Waals surface area contributed by atoms with Gasteiger partial charge >= 0.3 is 0 Å². The van der Waals surface area contributed by atoms with Crippen LogP contribution < -0.4 is 5.73 Å². The summed E-state index contributed by atoms with van der Waals surface area (Å²) in [6.45, 7) is 28.5. The minimum absolute atomic E-state index is 0.0978. The summed E-state index contributed by atoms with van der Waals surface area (Å²) in [4.78, 5) is 5.36. The third-order valence-corrected chi connectivity index (χ3v) is 14.0. The normalized spacial score (nSPS) is 15.1. The van der Waals surface area contributed by atoms with Crippen LogP contribution in [0, 0.1) is 0 Å². The maximum Gasteiger partial charge on any atom is 0.0618 e. The molecule has 1 heterocycles. The van der Waals surface area contributed by atoms with Crippen molar-refractivity contribution in [1.82, 2.24) is 4.98 Å². The van der Waals surface area contributed by atoms with E-state index in [-0.39, 0.29) is 34.2 Å². The van der Waals surface area contributed by atoms with Gasteiger partial charge in [-0.15, -0.1) is 0 Å². The molecule has 0 amide bonds. The monoisotopic (exact) mass is 512 g/mol. The molecule has 0 aliphatic heterocycles. The summed E-state index contributed by atoms with van der Waals surface area (Å²) in [5, 5.41) is 0.768. The van der Waals surface area contributed by atoms with Gasteiger partial charge in [-0.1, -0.05) is 135 Å². The van der Waals surface area contributed by atoms with Crippen LogP contribution in [0.2, 0.25) is 0 Å². The average Bonchev–Trinajstić information content (AvgIpc) is 2.67. The van der Waals surface area contributed by atoms with E-state index < -0.39 is 7.92 Å². The Morgan fingerprint density at radius 3 is 1.71 bits per heavy atom. The minimum atomic E-state index is -0.546. The zero-order chi connectivity index (χ0) is 26.8. The molecule has 2 N–H and O–H groups in total. The lowest BCUT2D eigenvalue weighted by Gasteiger charge is -2.46. The Morgan fingerprint density at radius 2 is 1.26 bits per heavy atom. The van der Waals surface area contributed by atoms with Crippen LogP contribution in [0.5, 0.6) is 0 Å². The topological polar surface area (TPSA) is 38.9 Å². The van der Waals surface area contributed by atoms with Crippen LogP contribution in [0.4, 0.5) is 0 Å². The zero-order valence-electron chi connectivity index (χ0n) is 24.4. The number of nitrogens with two attached hydrogens (primary N) is 1. The number of allylic oxidation sites excluding steroid dienone is 1. The molecule has 0 saturated heterocycles. The van der Waals surface area contributed by atoms with Gasteiger partial charge in [0.2, 0.25) is 0 Å². The Morgan fingerprint density at radius 1 is 0.743 bits per heavy atom. The maximum atomic E-state index is 7.01. The lowest BCUT2D eigenvalue weighted by atomic mass is 10.1. The Labute approximate surface area is 219 Å². The largest absolute Gasteiger partial charge is 0.401 e. The lowest BCUT2D eigenvalue weighted by Crippen LogP contribution is -2.31. The molecule has 35 heavy (non-hydrogen) atoms. The van der Waals surface area contributed by atoms with Gasteiger partial charge in [0.25, 0.3) is 0 Å². The molecule has 0 aliphatic carbocycles. The van der Waals surface area contributed by atoms with E-state index in [1.807, 2.05) is 0 Å². The molecule has 1 atom stereocenters. The Balaban J connectivity index is 2.66. The van der Waals surface area contributed by atoms with Gasteiger partial charge in [-0.3, -0.25) is 4.98 Å². The molecule has 4 heteroatoms. The molecule has 1 aromatic carbocycles. The number of hydrogen-bond donors (Lipinski definition) is 1. The number of nitrogens with zero attached hydrogens (tertiary/aromatic N) is 1. The average molecular weight is 513 g/mol. The molecule has 0 radical (unpaired) electrons. The molecule has 0 saturated carbocycles. The van der Waals surface area contributed by atoms with Crippen LogP contribution in [-0.2, 0) is 6.16 Å². The zero-order valence-corrected chi connectivity index (χ0v) is 26.2. The molecule has 194 valence electrons. The molecular weight excluding hydrogens is 462 g/mol. The number of aromatic nitrogens is 1. The van der Waals surface area contributed by atoms with Crippen molar-refractivity contribution in [2.45, 2.75) is 116 Å². The van der Waals surface area contributed by atoms with Crippen molar-refractivity contribution in [3.8, 4) is 0 Å². The number of benzene rings is 1. The van der Waals surface area contributed by atoms with Crippen molar-refractivity contribution in [2.24, 2.45) is 5.73 Å². The van der Waals surface area contributed by atoms with E-state index in [2.05, 4.69) is 138 Å². The van der Waals surface area contributed by atoms with Gasteiger partial charge < -0.3 is 5.73 Å². The molecule has 1 unspecified atom stereocenters. The molecule has 2 rings (SSSR count). The molecule has 2 nitrogen and oxygen atoms in total. The van der Waals surface area contributed by atoms with Gasteiger partial charge in [-0.05, 0) is 44.4 Å². The van der Waals surface area contributed by atoms with E-state index in [1.54, 1.807) is 0 Å². The minimum Gasteiger partial charge on any atom is -0.401 e. The summed E-state index contributed by atoms with van der Waals surface area (Å²) in [7, 11) is -0.816. The van der Waals surface area contributed by atoms with E-state index in [0.29, 0.717) is 0 Å². The second kappa shape index (κ2) is 11.0. The van der Waals surface area contributed by atoms with Gasteiger partial charge in [-0.25, -0.2) is 0 Å². The van der Waals surface area contributed by atoms with Crippen LogP contribution in [-0.4, -0.2) is 25.6 Å². The van der Waals surface area contributed by atoms with Gasteiger partial charge in [0.15, 0.2) is 0 Å². The fourth-order valence-electron chi connectivity index (χ4n) is 5.43. The number of pyridine rings is 1. The molecule has 2 aromatic rings. The summed E-state index contributed by atoms with van der Waals surface area (Å²) in [5.74, 6) is 0. The van der Waals surface area contributed by atoms with Crippen molar-refractivity contribution in [1.29, 1.82) is 0 Å². The third kappa shape index (κ3) is 8.40. The van der Waals surface area contributed by atoms with E-state index in [0.717, 1.165) is 23.1 Å². The Hall–Kier alpha value is -1.23.